The molecule has 1 fully saturated rings. The fourth-order valence-electron chi connectivity index (χ4n) is 2.74. The van der Waals surface area contributed by atoms with Crippen LogP contribution < -0.4 is 4.90 Å². The molecule has 3 rings (SSSR count). The Balaban J connectivity index is 1.94. The van der Waals surface area contributed by atoms with E-state index >= 15 is 0 Å². The third-order valence-electron chi connectivity index (χ3n) is 3.77. The Morgan fingerprint density at radius 3 is 2.40 bits per heavy atom. The minimum absolute atomic E-state index is 0.152. The summed E-state index contributed by atoms with van der Waals surface area (Å²) >= 11 is 3.47. The molecule has 0 aliphatic carbocycles. The van der Waals surface area contributed by atoms with Gasteiger partial charge in [-0.1, -0.05) is 46.3 Å². The monoisotopic (exact) mass is 329 g/mol. The first-order valence-electron chi connectivity index (χ1n) is 6.83. The van der Waals surface area contributed by atoms with Crippen molar-refractivity contribution in [3.63, 3.8) is 0 Å². The maximum Gasteiger partial charge on any atom is 0.137 e. The molecule has 0 radical (unpaired) electrons. The van der Waals surface area contributed by atoms with Crippen LogP contribution in [0.4, 0.5) is 5.69 Å². The Hall–Kier alpha value is -1.61. The molecule has 0 N–H and O–H groups in total. The maximum absolute atomic E-state index is 11.8. The van der Waals surface area contributed by atoms with Crippen LogP contribution in [0.3, 0.4) is 0 Å². The third kappa shape index (κ3) is 2.78. The van der Waals surface area contributed by atoms with Crippen molar-refractivity contribution >= 4 is 27.4 Å². The number of ketones is 1. The number of anilines is 1. The smallest absolute Gasteiger partial charge is 0.137 e. The highest BCUT2D eigenvalue weighted by molar-refractivity contribution is 9.10. The number of Topliss-reactive ketones (excluding diaryl/α,β-unsaturated/α-hetero) is 1. The summed E-state index contributed by atoms with van der Waals surface area (Å²) in [5.41, 5.74) is 2.39. The number of hydrogen-bond acceptors (Lipinski definition) is 2. The van der Waals surface area contributed by atoms with Crippen molar-refractivity contribution in [2.24, 2.45) is 0 Å². The van der Waals surface area contributed by atoms with Gasteiger partial charge in [-0.3, -0.25) is 4.79 Å². The van der Waals surface area contributed by atoms with Gasteiger partial charge in [0.05, 0.1) is 6.04 Å². The summed E-state index contributed by atoms with van der Waals surface area (Å²) in [5.74, 6) is 0.354. The second kappa shape index (κ2) is 5.80. The lowest BCUT2D eigenvalue weighted by molar-refractivity contribution is -0.120. The molecule has 0 aromatic heterocycles. The number of halogens is 1. The van der Waals surface area contributed by atoms with Crippen LogP contribution in [0.1, 0.15) is 24.4 Å². The summed E-state index contributed by atoms with van der Waals surface area (Å²) in [5, 5.41) is 0. The van der Waals surface area contributed by atoms with Crippen LogP contribution in [0, 0.1) is 0 Å². The topological polar surface area (TPSA) is 20.3 Å². The highest BCUT2D eigenvalue weighted by Gasteiger charge is 2.28. The van der Waals surface area contributed by atoms with Gasteiger partial charge in [0.2, 0.25) is 0 Å². The number of piperidine rings is 1. The molecule has 20 heavy (non-hydrogen) atoms. The summed E-state index contributed by atoms with van der Waals surface area (Å²) in [7, 11) is 0. The van der Waals surface area contributed by atoms with E-state index in [9.17, 15) is 4.79 Å². The molecule has 1 aliphatic rings. The Labute approximate surface area is 127 Å². The van der Waals surface area contributed by atoms with E-state index in [4.69, 9.17) is 0 Å². The minimum Gasteiger partial charge on any atom is -0.364 e. The zero-order chi connectivity index (χ0) is 13.9. The standard InChI is InChI=1S/C17H16BrNO/c18-14-6-8-15(9-7-14)19-11-10-16(20)12-17(19)13-4-2-1-3-5-13/h1-9,17H,10-12H2. The molecule has 102 valence electrons. The van der Waals surface area contributed by atoms with Gasteiger partial charge in [0.1, 0.15) is 5.78 Å². The van der Waals surface area contributed by atoms with Crippen LogP contribution in [0.5, 0.6) is 0 Å². The molecular formula is C17H16BrNO. The van der Waals surface area contributed by atoms with Crippen molar-refractivity contribution in [2.75, 3.05) is 11.4 Å². The Kier molecular flexibility index (Phi) is 3.88. The van der Waals surface area contributed by atoms with Crippen LogP contribution in [-0.2, 0) is 4.79 Å². The molecule has 1 saturated heterocycles. The van der Waals surface area contributed by atoms with E-state index in [0.717, 1.165) is 11.0 Å². The number of benzene rings is 2. The zero-order valence-electron chi connectivity index (χ0n) is 11.1. The largest absolute Gasteiger partial charge is 0.364 e. The molecule has 1 unspecified atom stereocenters. The second-order valence-corrected chi connectivity index (χ2v) is 6.00. The van der Waals surface area contributed by atoms with Gasteiger partial charge < -0.3 is 4.90 Å². The van der Waals surface area contributed by atoms with Gasteiger partial charge in [-0.2, -0.15) is 0 Å². The van der Waals surface area contributed by atoms with Crippen molar-refractivity contribution in [1.82, 2.24) is 0 Å². The Morgan fingerprint density at radius 2 is 1.70 bits per heavy atom. The van der Waals surface area contributed by atoms with Gasteiger partial charge >= 0.3 is 0 Å². The first-order valence-corrected chi connectivity index (χ1v) is 7.62. The van der Waals surface area contributed by atoms with E-state index < -0.39 is 0 Å². The predicted octanol–water partition coefficient (Wildman–Crippen LogP) is 4.36. The highest BCUT2D eigenvalue weighted by atomic mass is 79.9. The molecule has 3 heteroatoms. The number of rotatable bonds is 2. The van der Waals surface area contributed by atoms with Gasteiger partial charge in [-0.15, -0.1) is 0 Å². The number of nitrogens with zero attached hydrogens (tertiary/aromatic N) is 1. The molecule has 2 nitrogen and oxygen atoms in total. The van der Waals surface area contributed by atoms with Crippen molar-refractivity contribution < 1.29 is 4.79 Å². The average Bonchev–Trinajstić information content (AvgIpc) is 2.49. The van der Waals surface area contributed by atoms with E-state index in [-0.39, 0.29) is 6.04 Å². The minimum atomic E-state index is 0.152. The summed E-state index contributed by atoms with van der Waals surface area (Å²) in [4.78, 5) is 14.2. The zero-order valence-corrected chi connectivity index (χ0v) is 12.7. The number of carbonyl (C=O) groups excluding carboxylic acids is 1. The van der Waals surface area contributed by atoms with Crippen LogP contribution in [0.15, 0.2) is 59.1 Å². The fraction of sp³-hybridized carbons (Fsp3) is 0.235. The van der Waals surface area contributed by atoms with Gasteiger partial charge in [-0.05, 0) is 29.8 Å². The molecule has 0 spiro atoms. The molecule has 2 aromatic rings. The predicted molar refractivity (Wildman–Crippen MR) is 84.9 cm³/mol. The van der Waals surface area contributed by atoms with Crippen LogP contribution in [0.25, 0.3) is 0 Å². The maximum atomic E-state index is 11.8. The molecule has 1 heterocycles. The van der Waals surface area contributed by atoms with Gasteiger partial charge in [0.15, 0.2) is 0 Å². The molecule has 0 bridgehead atoms. The lowest BCUT2D eigenvalue weighted by Crippen LogP contribution is -2.37. The third-order valence-corrected chi connectivity index (χ3v) is 4.30. The molecule has 1 atom stereocenters. The molecule has 0 saturated carbocycles. The van der Waals surface area contributed by atoms with Crippen molar-refractivity contribution in [1.29, 1.82) is 0 Å². The molecule has 0 amide bonds. The average molecular weight is 330 g/mol. The fourth-order valence-corrected chi connectivity index (χ4v) is 3.01. The first-order chi connectivity index (χ1) is 9.74. The molecule has 2 aromatic carbocycles. The van der Waals surface area contributed by atoms with Crippen LogP contribution in [0.2, 0.25) is 0 Å². The molecular weight excluding hydrogens is 314 g/mol. The number of hydrogen-bond donors (Lipinski definition) is 0. The molecule has 1 aliphatic heterocycles. The Bertz CT molecular complexity index is 594. The van der Waals surface area contributed by atoms with E-state index in [2.05, 4.69) is 45.1 Å². The Morgan fingerprint density at radius 1 is 1.00 bits per heavy atom. The van der Waals surface area contributed by atoms with Gasteiger partial charge in [-0.25, -0.2) is 0 Å². The van der Waals surface area contributed by atoms with Gasteiger partial charge in [0, 0.05) is 29.5 Å². The van der Waals surface area contributed by atoms with Crippen molar-refractivity contribution in [2.45, 2.75) is 18.9 Å². The summed E-state index contributed by atoms with van der Waals surface area (Å²) in [6.45, 7) is 0.792. The van der Waals surface area contributed by atoms with E-state index in [1.54, 1.807) is 0 Å². The highest BCUT2D eigenvalue weighted by Crippen LogP contribution is 2.34. The van der Waals surface area contributed by atoms with Crippen LogP contribution >= 0.6 is 15.9 Å². The van der Waals surface area contributed by atoms with Gasteiger partial charge in [0.25, 0.3) is 0 Å². The SMILES string of the molecule is O=C1CCN(c2ccc(Br)cc2)C(c2ccccc2)C1. The summed E-state index contributed by atoms with van der Waals surface area (Å²) in [6.07, 6.45) is 1.24. The quantitative estimate of drug-likeness (QED) is 0.815. The normalized spacial score (nSPS) is 19.1. The van der Waals surface area contributed by atoms with Crippen molar-refractivity contribution in [3.05, 3.63) is 64.6 Å². The lowest BCUT2D eigenvalue weighted by atomic mass is 9.94. The van der Waals surface area contributed by atoms with E-state index in [0.29, 0.717) is 18.6 Å². The summed E-state index contributed by atoms with van der Waals surface area (Å²) in [6, 6.07) is 18.8. The summed E-state index contributed by atoms with van der Waals surface area (Å²) < 4.78 is 1.07. The first kappa shape index (κ1) is 13.4. The van der Waals surface area contributed by atoms with Crippen LogP contribution in [-0.4, -0.2) is 12.3 Å². The lowest BCUT2D eigenvalue weighted by Gasteiger charge is -2.37. The van der Waals surface area contributed by atoms with E-state index in [1.165, 1.54) is 11.3 Å². The van der Waals surface area contributed by atoms with Crippen molar-refractivity contribution in [3.8, 4) is 0 Å². The second-order valence-electron chi connectivity index (χ2n) is 5.09. The number of carbonyl (C=O) groups is 1. The van der Waals surface area contributed by atoms with E-state index in [1.807, 2.05) is 30.3 Å².